The smallest absolute Gasteiger partial charge is 0.225 e. The van der Waals surface area contributed by atoms with E-state index in [1.807, 2.05) is 27.0 Å². The highest BCUT2D eigenvalue weighted by atomic mass is 16.2. The summed E-state index contributed by atoms with van der Waals surface area (Å²) in [6, 6.07) is 19.0. The molecule has 0 aliphatic heterocycles. The number of hydrogen-bond donors (Lipinski definition) is 0. The fraction of sp³-hybridized carbons (Fsp3) is 0.409. The molecule has 0 aromatic heterocycles. The van der Waals surface area contributed by atoms with Crippen molar-refractivity contribution in [3.63, 3.8) is 0 Å². The fourth-order valence-corrected chi connectivity index (χ4v) is 2.47. The minimum Gasteiger partial charge on any atom is -0.346 e. The Bertz CT molecular complexity index is 589. The third-order valence-corrected chi connectivity index (χ3v) is 4.15. The van der Waals surface area contributed by atoms with Crippen molar-refractivity contribution in [1.82, 2.24) is 4.90 Å². The van der Waals surface area contributed by atoms with E-state index in [4.69, 9.17) is 0 Å². The maximum atomic E-state index is 11.4. The molecule has 0 radical (unpaired) electrons. The molecule has 1 unspecified atom stereocenters. The van der Waals surface area contributed by atoms with Gasteiger partial charge in [-0.3, -0.25) is 4.79 Å². The summed E-state index contributed by atoms with van der Waals surface area (Å²) in [4.78, 5) is 13.2. The number of hydrogen-bond acceptors (Lipinski definition) is 1. The number of aryl methyl sites for hydroxylation is 1. The Morgan fingerprint density at radius 2 is 1.50 bits per heavy atom. The maximum Gasteiger partial charge on any atom is 0.225 e. The van der Waals surface area contributed by atoms with Crippen molar-refractivity contribution in [2.45, 2.75) is 40.5 Å². The molecule has 130 valence electrons. The van der Waals surface area contributed by atoms with Gasteiger partial charge in [-0.05, 0) is 31.4 Å². The van der Waals surface area contributed by atoms with E-state index in [-0.39, 0.29) is 11.8 Å². The molecule has 2 rings (SSSR count). The molecule has 24 heavy (non-hydrogen) atoms. The van der Waals surface area contributed by atoms with E-state index in [0.717, 1.165) is 19.4 Å². The van der Waals surface area contributed by atoms with Gasteiger partial charge in [-0.25, -0.2) is 0 Å². The van der Waals surface area contributed by atoms with E-state index in [0.29, 0.717) is 0 Å². The Balaban J connectivity index is 0.000000245. The summed E-state index contributed by atoms with van der Waals surface area (Å²) >= 11 is 0. The summed E-state index contributed by atoms with van der Waals surface area (Å²) in [5.41, 5.74) is 3.87. The molecule has 0 saturated heterocycles. The lowest BCUT2D eigenvalue weighted by Gasteiger charge is -2.18. The number of carbonyl (C=O) groups is 1. The minimum atomic E-state index is 0.199. The maximum absolute atomic E-state index is 11.4. The predicted molar refractivity (Wildman–Crippen MR) is 104 cm³/mol. The van der Waals surface area contributed by atoms with Crippen molar-refractivity contribution < 1.29 is 4.79 Å². The Morgan fingerprint density at radius 1 is 0.958 bits per heavy atom. The van der Waals surface area contributed by atoms with E-state index in [1.54, 1.807) is 4.90 Å². The third-order valence-electron chi connectivity index (χ3n) is 4.15. The topological polar surface area (TPSA) is 20.3 Å². The first-order valence-electron chi connectivity index (χ1n) is 8.86. The highest BCUT2D eigenvalue weighted by Crippen LogP contribution is 2.18. The minimum absolute atomic E-state index is 0.199. The van der Waals surface area contributed by atoms with Crippen LogP contribution in [-0.2, 0) is 4.79 Å². The molecule has 2 heteroatoms. The predicted octanol–water partition coefficient (Wildman–Crippen LogP) is 5.56. The summed E-state index contributed by atoms with van der Waals surface area (Å²) in [6.07, 6.45) is 2.09. The van der Waals surface area contributed by atoms with Gasteiger partial charge in [-0.15, -0.1) is 0 Å². The molecule has 0 aliphatic rings. The Kier molecular flexibility index (Phi) is 8.85. The van der Waals surface area contributed by atoms with Crippen LogP contribution in [0.2, 0.25) is 0 Å². The summed E-state index contributed by atoms with van der Waals surface area (Å²) in [5.74, 6) is 0.472. The van der Waals surface area contributed by atoms with Crippen LogP contribution in [0.15, 0.2) is 54.6 Å². The summed E-state index contributed by atoms with van der Waals surface area (Å²) < 4.78 is 0. The molecule has 0 aliphatic carbocycles. The molecule has 0 bridgehead atoms. The zero-order chi connectivity index (χ0) is 17.9. The van der Waals surface area contributed by atoms with E-state index in [2.05, 4.69) is 62.4 Å². The largest absolute Gasteiger partial charge is 0.346 e. The second-order valence-electron chi connectivity index (χ2n) is 6.27. The van der Waals surface area contributed by atoms with Gasteiger partial charge in [0.2, 0.25) is 5.91 Å². The van der Waals surface area contributed by atoms with Gasteiger partial charge >= 0.3 is 0 Å². The molecular weight excluding hydrogens is 294 g/mol. The van der Waals surface area contributed by atoms with Gasteiger partial charge < -0.3 is 4.90 Å². The number of benzene rings is 2. The normalized spacial score (nSPS) is 11.2. The first-order chi connectivity index (χ1) is 11.5. The zero-order valence-electron chi connectivity index (χ0n) is 15.8. The summed E-state index contributed by atoms with van der Waals surface area (Å²) in [6.45, 7) is 9.02. The molecule has 0 spiro atoms. The van der Waals surface area contributed by atoms with Crippen molar-refractivity contribution >= 4 is 5.91 Å². The van der Waals surface area contributed by atoms with E-state index in [9.17, 15) is 4.79 Å². The second kappa shape index (κ2) is 10.6. The third kappa shape index (κ3) is 6.57. The highest BCUT2D eigenvalue weighted by molar-refractivity contribution is 5.78. The molecule has 1 atom stereocenters. The average Bonchev–Trinajstić information content (AvgIpc) is 2.62. The number of amides is 1. The Hall–Kier alpha value is -2.09. The van der Waals surface area contributed by atoms with Crippen LogP contribution in [0, 0.1) is 12.8 Å². The van der Waals surface area contributed by atoms with Crippen molar-refractivity contribution in [2.24, 2.45) is 5.92 Å². The van der Waals surface area contributed by atoms with Gasteiger partial charge in [0.25, 0.3) is 0 Å². The highest BCUT2D eigenvalue weighted by Gasteiger charge is 2.14. The Labute approximate surface area is 147 Å². The second-order valence-corrected chi connectivity index (χ2v) is 6.27. The van der Waals surface area contributed by atoms with E-state index < -0.39 is 0 Å². The van der Waals surface area contributed by atoms with Crippen LogP contribution in [0.5, 0.6) is 0 Å². The lowest BCUT2D eigenvalue weighted by molar-refractivity contribution is -0.133. The molecule has 2 aromatic rings. The van der Waals surface area contributed by atoms with Gasteiger partial charge in [-0.1, -0.05) is 80.4 Å². The van der Waals surface area contributed by atoms with Gasteiger partial charge in [0.1, 0.15) is 0 Å². The molecule has 0 heterocycles. The monoisotopic (exact) mass is 325 g/mol. The van der Waals surface area contributed by atoms with Crippen molar-refractivity contribution in [1.29, 1.82) is 0 Å². The fourth-order valence-electron chi connectivity index (χ4n) is 2.47. The van der Waals surface area contributed by atoms with Crippen molar-refractivity contribution in [3.05, 3.63) is 60.2 Å². The molecule has 1 amide bonds. The first kappa shape index (κ1) is 20.0. The molecule has 0 N–H and O–H groups in total. The van der Waals surface area contributed by atoms with Crippen LogP contribution < -0.4 is 0 Å². The van der Waals surface area contributed by atoms with Gasteiger partial charge in [0.15, 0.2) is 0 Å². The lowest BCUT2D eigenvalue weighted by atomic mass is 10.0. The molecule has 2 nitrogen and oxygen atoms in total. The van der Waals surface area contributed by atoms with Gasteiger partial charge in [-0.2, -0.15) is 0 Å². The van der Waals surface area contributed by atoms with Crippen LogP contribution in [0.4, 0.5) is 0 Å². The number of nitrogens with zero attached hydrogens (tertiary/aromatic N) is 1. The van der Waals surface area contributed by atoms with Crippen LogP contribution in [0.25, 0.3) is 11.1 Å². The van der Waals surface area contributed by atoms with Gasteiger partial charge in [0, 0.05) is 19.5 Å². The Morgan fingerprint density at radius 3 is 2.00 bits per heavy atom. The molecular formula is C22H31NO. The standard InChI is InChI=1S/C13H12.C9H19NO/c1-11-7-9-13(10-8-11)12-5-3-2-4-6-12;1-5-7-8(3)9(11)10(4)6-2/h2-10H,1H3;8H,5-7H2,1-4H3. The van der Waals surface area contributed by atoms with Crippen LogP contribution in [0.3, 0.4) is 0 Å². The van der Waals surface area contributed by atoms with Crippen LogP contribution in [-0.4, -0.2) is 24.4 Å². The molecule has 0 saturated carbocycles. The number of rotatable bonds is 5. The van der Waals surface area contributed by atoms with Gasteiger partial charge in [0.05, 0.1) is 0 Å². The SMILES string of the molecule is CCCC(C)C(=O)N(C)CC.Cc1ccc(-c2ccccc2)cc1. The van der Waals surface area contributed by atoms with E-state index >= 15 is 0 Å². The first-order valence-corrected chi connectivity index (χ1v) is 8.86. The summed E-state index contributed by atoms with van der Waals surface area (Å²) in [7, 11) is 1.86. The zero-order valence-corrected chi connectivity index (χ0v) is 15.8. The lowest BCUT2D eigenvalue weighted by Crippen LogP contribution is -2.31. The molecule has 0 fully saturated rings. The van der Waals surface area contributed by atoms with Crippen LogP contribution in [0.1, 0.15) is 39.2 Å². The van der Waals surface area contributed by atoms with Crippen molar-refractivity contribution in [2.75, 3.05) is 13.6 Å². The van der Waals surface area contributed by atoms with Crippen molar-refractivity contribution in [3.8, 4) is 11.1 Å². The molecule has 2 aromatic carbocycles. The average molecular weight is 325 g/mol. The number of carbonyl (C=O) groups excluding carboxylic acids is 1. The quantitative estimate of drug-likeness (QED) is 0.704. The van der Waals surface area contributed by atoms with Crippen LogP contribution >= 0.6 is 0 Å². The van der Waals surface area contributed by atoms with E-state index in [1.165, 1.54) is 16.7 Å². The summed E-state index contributed by atoms with van der Waals surface area (Å²) in [5, 5.41) is 0.